The van der Waals surface area contributed by atoms with Gasteiger partial charge >= 0.3 is 15.6 Å². The van der Waals surface area contributed by atoms with Crippen LogP contribution in [0.15, 0.2) is 0 Å². The average molecular weight is 326 g/mol. The maximum atomic E-state index is 14.0. The van der Waals surface area contributed by atoms with Crippen LogP contribution in [0.4, 0.5) is 26.3 Å². The van der Waals surface area contributed by atoms with Gasteiger partial charge in [0.25, 0.3) is 5.92 Å². The molecule has 0 aromatic heterocycles. The summed E-state index contributed by atoms with van der Waals surface area (Å²) in [6, 6.07) is 0. The van der Waals surface area contributed by atoms with Gasteiger partial charge in [0, 0.05) is 5.41 Å². The van der Waals surface area contributed by atoms with Gasteiger partial charge in [-0.2, -0.15) is 21.6 Å². The molecule has 1 atom stereocenters. The van der Waals surface area contributed by atoms with Crippen LogP contribution < -0.4 is 0 Å². The van der Waals surface area contributed by atoms with E-state index in [9.17, 15) is 34.8 Å². The molecule has 3 rings (SSSR count). The normalized spacial score (nSPS) is 40.9. The van der Waals surface area contributed by atoms with Crippen molar-refractivity contribution in [3.63, 3.8) is 0 Å². The molecule has 0 spiro atoms. The van der Waals surface area contributed by atoms with Crippen molar-refractivity contribution in [1.82, 2.24) is 0 Å². The van der Waals surface area contributed by atoms with E-state index in [1.54, 1.807) is 0 Å². The average Bonchev–Trinajstić information content (AvgIpc) is 2.27. The van der Waals surface area contributed by atoms with Crippen molar-refractivity contribution in [3.8, 4) is 0 Å². The zero-order valence-electron chi connectivity index (χ0n) is 10.3. The van der Waals surface area contributed by atoms with Gasteiger partial charge in [0.1, 0.15) is 5.60 Å². The number of fused-ring (bicyclic) bond motifs is 3. The van der Waals surface area contributed by atoms with E-state index in [1.807, 2.05) is 0 Å². The SMILES string of the molecule is CC12CCC(OS(=O)(=O)C(F)(F)F)(CC1)C(F)C2(F)F. The van der Waals surface area contributed by atoms with Crippen LogP contribution in [-0.4, -0.2) is 31.6 Å². The second-order valence-corrected chi connectivity index (χ2v) is 7.13. The molecule has 0 aliphatic heterocycles. The Morgan fingerprint density at radius 1 is 1.10 bits per heavy atom. The molecule has 3 saturated carbocycles. The number of halogens is 6. The highest BCUT2D eigenvalue weighted by atomic mass is 32.2. The fourth-order valence-electron chi connectivity index (χ4n) is 2.84. The Labute approximate surface area is 111 Å². The third kappa shape index (κ3) is 1.94. The van der Waals surface area contributed by atoms with Gasteiger partial charge in [-0.05, 0) is 25.7 Å². The van der Waals surface area contributed by atoms with Gasteiger partial charge in [-0.1, -0.05) is 6.92 Å². The molecular formula is C10H12F6O3S. The first-order chi connectivity index (χ1) is 8.78. The molecular weight excluding hydrogens is 314 g/mol. The number of hydrogen-bond acceptors (Lipinski definition) is 3. The molecule has 0 aromatic rings. The monoisotopic (exact) mass is 326 g/mol. The van der Waals surface area contributed by atoms with Crippen LogP contribution in [-0.2, 0) is 14.3 Å². The summed E-state index contributed by atoms with van der Waals surface area (Å²) in [6.45, 7) is 1.14. The Hall–Kier alpha value is -0.510. The standard InChI is InChI=1S/C10H12F6O3S/c1-7-2-4-8(5-3-7,6(11)9(7,12)13)19-20(17,18)10(14,15)16/h6H,2-5H2,1H3. The minimum Gasteiger partial charge on any atom is -0.253 e. The van der Waals surface area contributed by atoms with Gasteiger partial charge in [0.05, 0.1) is 0 Å². The van der Waals surface area contributed by atoms with Gasteiger partial charge in [0.2, 0.25) is 0 Å². The molecule has 2 bridgehead atoms. The highest BCUT2D eigenvalue weighted by molar-refractivity contribution is 7.87. The van der Waals surface area contributed by atoms with Crippen LogP contribution in [0.1, 0.15) is 32.6 Å². The fourth-order valence-corrected chi connectivity index (χ4v) is 3.62. The predicted molar refractivity (Wildman–Crippen MR) is 55.2 cm³/mol. The lowest BCUT2D eigenvalue weighted by molar-refractivity contribution is -0.277. The first kappa shape index (κ1) is 15.9. The predicted octanol–water partition coefficient (Wildman–Crippen LogP) is 3.16. The first-order valence-electron chi connectivity index (χ1n) is 5.81. The summed E-state index contributed by atoms with van der Waals surface area (Å²) in [4.78, 5) is 0. The number of hydrogen-bond donors (Lipinski definition) is 0. The molecule has 20 heavy (non-hydrogen) atoms. The van der Waals surface area contributed by atoms with E-state index in [4.69, 9.17) is 0 Å². The highest BCUT2D eigenvalue weighted by Gasteiger charge is 2.72. The van der Waals surface area contributed by atoms with E-state index in [0.717, 1.165) is 6.92 Å². The molecule has 0 N–H and O–H groups in total. The highest BCUT2D eigenvalue weighted by Crippen LogP contribution is 2.62. The Morgan fingerprint density at radius 3 is 1.95 bits per heavy atom. The molecule has 10 heteroatoms. The van der Waals surface area contributed by atoms with E-state index >= 15 is 0 Å². The Bertz CT molecular complexity index is 504. The third-order valence-electron chi connectivity index (χ3n) is 4.34. The van der Waals surface area contributed by atoms with Gasteiger partial charge in [-0.3, -0.25) is 4.18 Å². The Morgan fingerprint density at radius 2 is 1.55 bits per heavy atom. The fraction of sp³-hybridized carbons (Fsp3) is 1.00. The topological polar surface area (TPSA) is 43.4 Å². The van der Waals surface area contributed by atoms with Crippen molar-refractivity contribution >= 4 is 10.1 Å². The zero-order chi connectivity index (χ0) is 15.6. The van der Waals surface area contributed by atoms with Gasteiger partial charge in [0.15, 0.2) is 6.17 Å². The van der Waals surface area contributed by atoms with Crippen LogP contribution in [0.3, 0.4) is 0 Å². The van der Waals surface area contributed by atoms with Crippen molar-refractivity contribution in [2.24, 2.45) is 5.41 Å². The summed E-state index contributed by atoms with van der Waals surface area (Å²) in [5.74, 6) is -3.93. The van der Waals surface area contributed by atoms with Crippen molar-refractivity contribution in [2.75, 3.05) is 0 Å². The van der Waals surface area contributed by atoms with E-state index in [1.165, 1.54) is 0 Å². The van der Waals surface area contributed by atoms with Crippen LogP contribution in [0.5, 0.6) is 0 Å². The quantitative estimate of drug-likeness (QED) is 0.445. The van der Waals surface area contributed by atoms with Crippen molar-refractivity contribution in [3.05, 3.63) is 0 Å². The zero-order valence-corrected chi connectivity index (χ0v) is 11.1. The lowest BCUT2D eigenvalue weighted by Crippen LogP contribution is -2.67. The summed E-state index contributed by atoms with van der Waals surface area (Å²) >= 11 is 0. The minimum absolute atomic E-state index is 0.298. The summed E-state index contributed by atoms with van der Waals surface area (Å²) in [7, 11) is -6.12. The van der Waals surface area contributed by atoms with Crippen LogP contribution in [0.25, 0.3) is 0 Å². The second-order valence-electron chi connectivity index (χ2n) is 5.59. The lowest BCUT2D eigenvalue weighted by Gasteiger charge is -2.56. The summed E-state index contributed by atoms with van der Waals surface area (Å²) in [5, 5.41) is 0. The second kappa shape index (κ2) is 4.02. The molecule has 0 amide bonds. The van der Waals surface area contributed by atoms with E-state index < -0.39 is 51.6 Å². The molecule has 3 aliphatic rings. The summed E-state index contributed by atoms with van der Waals surface area (Å²) in [5.41, 5.74) is -10.1. The smallest absolute Gasteiger partial charge is 0.253 e. The molecule has 1 unspecified atom stereocenters. The first-order valence-corrected chi connectivity index (χ1v) is 7.22. The van der Waals surface area contributed by atoms with E-state index in [2.05, 4.69) is 4.18 Å². The van der Waals surface area contributed by atoms with Crippen molar-refractivity contribution in [1.29, 1.82) is 0 Å². The number of rotatable bonds is 2. The van der Waals surface area contributed by atoms with Crippen molar-refractivity contribution in [2.45, 2.75) is 55.8 Å². The Kier molecular flexibility index (Phi) is 3.19. The molecule has 3 fully saturated rings. The van der Waals surface area contributed by atoms with Crippen LogP contribution in [0.2, 0.25) is 0 Å². The van der Waals surface area contributed by atoms with Crippen LogP contribution in [0, 0.1) is 5.41 Å². The lowest BCUT2D eigenvalue weighted by atomic mass is 9.56. The molecule has 0 saturated heterocycles. The molecule has 3 nitrogen and oxygen atoms in total. The molecule has 0 radical (unpaired) electrons. The van der Waals surface area contributed by atoms with Crippen LogP contribution >= 0.6 is 0 Å². The molecule has 0 heterocycles. The maximum absolute atomic E-state index is 14.0. The third-order valence-corrected chi connectivity index (χ3v) is 5.46. The van der Waals surface area contributed by atoms with Gasteiger partial charge < -0.3 is 0 Å². The number of alkyl halides is 6. The van der Waals surface area contributed by atoms with Gasteiger partial charge in [-0.25, -0.2) is 13.2 Å². The molecule has 118 valence electrons. The molecule has 3 aliphatic carbocycles. The van der Waals surface area contributed by atoms with E-state index in [-0.39, 0.29) is 12.8 Å². The van der Waals surface area contributed by atoms with Crippen molar-refractivity contribution < 1.29 is 38.9 Å². The largest absolute Gasteiger partial charge is 0.523 e. The molecule has 0 aromatic carbocycles. The van der Waals surface area contributed by atoms with Gasteiger partial charge in [-0.15, -0.1) is 0 Å². The Balaban J connectivity index is 2.38. The summed E-state index contributed by atoms with van der Waals surface area (Å²) in [6.07, 6.45) is -4.66. The maximum Gasteiger partial charge on any atom is 0.523 e. The summed E-state index contributed by atoms with van der Waals surface area (Å²) < 4.78 is 104. The van der Waals surface area contributed by atoms with E-state index in [0.29, 0.717) is 0 Å². The minimum atomic E-state index is -6.12.